The predicted molar refractivity (Wildman–Crippen MR) is 78.7 cm³/mol. The van der Waals surface area contributed by atoms with Crippen LogP contribution in [0.15, 0.2) is 24.4 Å². The highest BCUT2D eigenvalue weighted by atomic mass is 16.2. The summed E-state index contributed by atoms with van der Waals surface area (Å²) in [5, 5.41) is 11.8. The fraction of sp³-hybridized carbons (Fsp3) is 0.333. The molecule has 0 aliphatic carbocycles. The summed E-state index contributed by atoms with van der Waals surface area (Å²) in [6, 6.07) is 7.11. The van der Waals surface area contributed by atoms with Gasteiger partial charge in [0.15, 0.2) is 0 Å². The number of rotatable bonds is 2. The van der Waals surface area contributed by atoms with E-state index in [0.717, 1.165) is 18.5 Å². The van der Waals surface area contributed by atoms with E-state index in [2.05, 4.69) is 21.4 Å². The number of hydrogen-bond donors (Lipinski definition) is 1. The number of nitriles is 1. The normalized spacial score (nSPS) is 18.4. The molecule has 1 aliphatic heterocycles. The number of benzene rings is 1. The first-order valence-electron chi connectivity index (χ1n) is 6.94. The average molecular weight is 281 g/mol. The van der Waals surface area contributed by atoms with Crippen LogP contribution in [0.4, 0.5) is 5.82 Å². The Hall–Kier alpha value is -2.68. The number of anilines is 1. The van der Waals surface area contributed by atoms with Crippen LogP contribution in [0, 0.1) is 11.3 Å². The smallest absolute Gasteiger partial charge is 0.242 e. The lowest BCUT2D eigenvalue weighted by molar-refractivity contribution is -0.123. The van der Waals surface area contributed by atoms with Gasteiger partial charge in [0.25, 0.3) is 0 Å². The summed E-state index contributed by atoms with van der Waals surface area (Å²) in [5.41, 5.74) is 1.98. The van der Waals surface area contributed by atoms with Gasteiger partial charge in [-0.25, -0.2) is 4.98 Å². The number of piperazine rings is 1. The maximum Gasteiger partial charge on any atom is 0.242 e. The van der Waals surface area contributed by atoms with Crippen LogP contribution in [0.2, 0.25) is 0 Å². The maximum absolute atomic E-state index is 11.9. The molecule has 0 spiro atoms. The van der Waals surface area contributed by atoms with Crippen molar-refractivity contribution in [2.24, 2.45) is 0 Å². The predicted octanol–water partition coefficient (Wildman–Crippen LogP) is 1.22. The molecular weight excluding hydrogens is 266 g/mol. The molecule has 3 rings (SSSR count). The molecule has 1 aliphatic rings. The fourth-order valence-corrected chi connectivity index (χ4v) is 2.60. The number of hydrogen-bond acceptors (Lipinski definition) is 5. The van der Waals surface area contributed by atoms with E-state index in [9.17, 15) is 4.79 Å². The van der Waals surface area contributed by atoms with Crippen molar-refractivity contribution in [3.8, 4) is 6.07 Å². The molecule has 21 heavy (non-hydrogen) atoms. The van der Waals surface area contributed by atoms with Crippen LogP contribution >= 0.6 is 0 Å². The number of nitrogens with one attached hydrogen (secondary N) is 1. The lowest BCUT2D eigenvalue weighted by atomic mass is 10.1. The zero-order valence-electron chi connectivity index (χ0n) is 11.7. The highest BCUT2D eigenvalue weighted by Gasteiger charge is 2.29. The van der Waals surface area contributed by atoms with E-state index in [1.807, 2.05) is 11.8 Å². The van der Waals surface area contributed by atoms with Gasteiger partial charge >= 0.3 is 0 Å². The van der Waals surface area contributed by atoms with E-state index in [4.69, 9.17) is 5.26 Å². The number of nitrogens with zero attached hydrogens (tertiary/aromatic N) is 4. The summed E-state index contributed by atoms with van der Waals surface area (Å²) in [4.78, 5) is 22.9. The van der Waals surface area contributed by atoms with Gasteiger partial charge in [0.1, 0.15) is 11.9 Å². The van der Waals surface area contributed by atoms with E-state index in [1.54, 1.807) is 24.4 Å². The van der Waals surface area contributed by atoms with Crippen molar-refractivity contribution in [3.05, 3.63) is 30.0 Å². The molecule has 1 atom stereocenters. The molecule has 2 aromatic rings. The molecule has 0 saturated carbocycles. The SMILES string of the molecule is CCC1C(=O)NCCN1c1cnc2cc(C#N)ccc2n1. The summed E-state index contributed by atoms with van der Waals surface area (Å²) >= 11 is 0. The van der Waals surface area contributed by atoms with Gasteiger partial charge in [0.05, 0.1) is 28.9 Å². The van der Waals surface area contributed by atoms with Crippen molar-refractivity contribution in [3.63, 3.8) is 0 Å². The van der Waals surface area contributed by atoms with Crippen LogP contribution in [0.25, 0.3) is 11.0 Å². The summed E-state index contributed by atoms with van der Waals surface area (Å²) in [5.74, 6) is 0.736. The van der Waals surface area contributed by atoms with E-state index in [0.29, 0.717) is 23.4 Å². The second-order valence-electron chi connectivity index (χ2n) is 4.95. The van der Waals surface area contributed by atoms with E-state index in [1.165, 1.54) is 0 Å². The molecule has 106 valence electrons. The first kappa shape index (κ1) is 13.3. The van der Waals surface area contributed by atoms with Crippen LogP contribution in [-0.2, 0) is 4.79 Å². The van der Waals surface area contributed by atoms with Crippen molar-refractivity contribution in [1.29, 1.82) is 5.26 Å². The van der Waals surface area contributed by atoms with Crippen LogP contribution < -0.4 is 10.2 Å². The van der Waals surface area contributed by atoms with E-state index in [-0.39, 0.29) is 11.9 Å². The maximum atomic E-state index is 11.9. The monoisotopic (exact) mass is 281 g/mol. The van der Waals surface area contributed by atoms with Gasteiger partial charge in [-0.05, 0) is 24.6 Å². The number of aromatic nitrogens is 2. The lowest BCUT2D eigenvalue weighted by Crippen LogP contribution is -2.55. The van der Waals surface area contributed by atoms with Gasteiger partial charge in [-0.3, -0.25) is 9.78 Å². The number of fused-ring (bicyclic) bond motifs is 1. The topological polar surface area (TPSA) is 81.9 Å². The third-order valence-electron chi connectivity index (χ3n) is 3.67. The molecule has 1 unspecified atom stereocenters. The molecule has 1 aromatic carbocycles. The van der Waals surface area contributed by atoms with Crippen LogP contribution in [0.3, 0.4) is 0 Å². The largest absolute Gasteiger partial charge is 0.353 e. The zero-order chi connectivity index (χ0) is 14.8. The first-order chi connectivity index (χ1) is 10.2. The molecule has 1 fully saturated rings. The van der Waals surface area contributed by atoms with Gasteiger partial charge in [-0.2, -0.15) is 5.26 Å². The Balaban J connectivity index is 2.00. The first-order valence-corrected chi connectivity index (χ1v) is 6.94. The second-order valence-corrected chi connectivity index (χ2v) is 4.95. The van der Waals surface area contributed by atoms with E-state index < -0.39 is 0 Å². The van der Waals surface area contributed by atoms with Crippen LogP contribution in [-0.4, -0.2) is 35.0 Å². The Morgan fingerprint density at radius 2 is 2.33 bits per heavy atom. The molecule has 0 bridgehead atoms. The molecule has 6 heteroatoms. The molecule has 1 amide bonds. The summed E-state index contributed by atoms with van der Waals surface area (Å²) in [6.45, 7) is 3.32. The molecule has 1 aromatic heterocycles. The number of amides is 1. The molecular formula is C15H15N5O. The lowest BCUT2D eigenvalue weighted by Gasteiger charge is -2.35. The van der Waals surface area contributed by atoms with E-state index >= 15 is 0 Å². The molecule has 2 heterocycles. The summed E-state index contributed by atoms with van der Waals surface area (Å²) in [7, 11) is 0. The number of carbonyl (C=O) groups excluding carboxylic acids is 1. The van der Waals surface area contributed by atoms with Crippen molar-refractivity contribution in [2.45, 2.75) is 19.4 Å². The van der Waals surface area contributed by atoms with Gasteiger partial charge in [-0.15, -0.1) is 0 Å². The van der Waals surface area contributed by atoms with Gasteiger partial charge in [0, 0.05) is 13.1 Å². The van der Waals surface area contributed by atoms with Crippen LogP contribution in [0.1, 0.15) is 18.9 Å². The Labute approximate surface area is 122 Å². The number of carbonyl (C=O) groups is 1. The Morgan fingerprint density at radius 1 is 1.48 bits per heavy atom. The average Bonchev–Trinajstić information content (AvgIpc) is 2.53. The van der Waals surface area contributed by atoms with Crippen LogP contribution in [0.5, 0.6) is 0 Å². The second kappa shape index (κ2) is 5.37. The van der Waals surface area contributed by atoms with Gasteiger partial charge in [0.2, 0.25) is 5.91 Å². The standard InChI is InChI=1S/C15H15N5O/c1-2-13-15(21)17-5-6-20(13)14-9-18-12-7-10(8-16)3-4-11(12)19-14/h3-4,7,9,13H,2,5-6H2,1H3,(H,17,21). The van der Waals surface area contributed by atoms with Crippen molar-refractivity contribution >= 4 is 22.8 Å². The minimum absolute atomic E-state index is 0.0328. The third-order valence-corrected chi connectivity index (χ3v) is 3.67. The third kappa shape index (κ3) is 2.38. The quantitative estimate of drug-likeness (QED) is 0.895. The summed E-state index contributed by atoms with van der Waals surface area (Å²) < 4.78 is 0. The molecule has 6 nitrogen and oxygen atoms in total. The molecule has 1 N–H and O–H groups in total. The highest BCUT2D eigenvalue weighted by Crippen LogP contribution is 2.20. The van der Waals surface area contributed by atoms with Crippen molar-refractivity contribution in [2.75, 3.05) is 18.0 Å². The Bertz CT molecular complexity index is 736. The summed E-state index contributed by atoms with van der Waals surface area (Å²) in [6.07, 6.45) is 2.39. The molecule has 1 saturated heterocycles. The Morgan fingerprint density at radius 3 is 3.10 bits per heavy atom. The fourth-order valence-electron chi connectivity index (χ4n) is 2.60. The van der Waals surface area contributed by atoms with Crippen molar-refractivity contribution < 1.29 is 4.79 Å². The minimum Gasteiger partial charge on any atom is -0.353 e. The van der Waals surface area contributed by atoms with Gasteiger partial charge < -0.3 is 10.2 Å². The Kier molecular flexibility index (Phi) is 3.40. The molecule has 0 radical (unpaired) electrons. The van der Waals surface area contributed by atoms with Crippen molar-refractivity contribution in [1.82, 2.24) is 15.3 Å². The zero-order valence-corrected chi connectivity index (χ0v) is 11.7. The van der Waals surface area contributed by atoms with Gasteiger partial charge in [-0.1, -0.05) is 6.92 Å². The minimum atomic E-state index is -0.205. The highest BCUT2D eigenvalue weighted by molar-refractivity contribution is 5.86.